The number of primary amides is 1. The molecule has 8 nitrogen and oxygen atoms in total. The number of benzene rings is 2. The van der Waals surface area contributed by atoms with Crippen LogP contribution in [0.15, 0.2) is 47.4 Å². The molecule has 2 heterocycles. The van der Waals surface area contributed by atoms with E-state index in [2.05, 4.69) is 0 Å². The van der Waals surface area contributed by atoms with Crippen LogP contribution >= 0.6 is 0 Å². The first-order chi connectivity index (χ1) is 12.5. The summed E-state index contributed by atoms with van der Waals surface area (Å²) in [5.74, 6) is 0.406. The van der Waals surface area contributed by atoms with Crippen molar-refractivity contribution >= 4 is 21.6 Å². The van der Waals surface area contributed by atoms with Crippen LogP contribution in [0.3, 0.4) is 0 Å². The molecule has 26 heavy (non-hydrogen) atoms. The van der Waals surface area contributed by atoms with Gasteiger partial charge in [-0.25, -0.2) is 8.42 Å². The van der Waals surface area contributed by atoms with Gasteiger partial charge in [0.05, 0.1) is 17.1 Å². The Balaban J connectivity index is 1.78. The lowest BCUT2D eigenvalue weighted by molar-refractivity contribution is -0.124. The molecular weight excluding hydrogens is 360 g/mol. The van der Waals surface area contributed by atoms with Crippen molar-refractivity contribution in [1.82, 2.24) is 0 Å². The summed E-state index contributed by atoms with van der Waals surface area (Å²) >= 11 is 0. The molecule has 136 valence electrons. The Kier molecular flexibility index (Phi) is 3.87. The predicted molar refractivity (Wildman–Crippen MR) is 92.0 cm³/mol. The van der Waals surface area contributed by atoms with E-state index in [0.29, 0.717) is 30.4 Å². The van der Waals surface area contributed by atoms with E-state index in [0.717, 1.165) is 4.31 Å². The predicted octanol–water partition coefficient (Wildman–Crippen LogP) is 0.899. The number of nitrogens with zero attached hydrogens (tertiary/aromatic N) is 1. The molecule has 9 heteroatoms. The fraction of sp³-hybridized carbons (Fsp3) is 0.235. The van der Waals surface area contributed by atoms with Gasteiger partial charge in [0, 0.05) is 6.07 Å². The summed E-state index contributed by atoms with van der Waals surface area (Å²) in [7, 11) is -3.97. The van der Waals surface area contributed by atoms with Crippen LogP contribution < -0.4 is 24.2 Å². The van der Waals surface area contributed by atoms with E-state index in [1.54, 1.807) is 30.3 Å². The van der Waals surface area contributed by atoms with Crippen molar-refractivity contribution in [2.75, 3.05) is 24.1 Å². The highest BCUT2D eigenvalue weighted by molar-refractivity contribution is 7.92. The third kappa shape index (κ3) is 2.70. The number of nitrogens with two attached hydrogens (primary N) is 1. The smallest absolute Gasteiger partial charge is 0.264 e. The third-order valence-corrected chi connectivity index (χ3v) is 5.93. The minimum Gasteiger partial charge on any atom is -0.486 e. The average Bonchev–Trinajstić information content (AvgIpc) is 2.66. The second-order valence-electron chi connectivity index (χ2n) is 5.82. The molecule has 0 fully saturated rings. The fourth-order valence-corrected chi connectivity index (χ4v) is 4.38. The topological polar surface area (TPSA) is 108 Å². The second-order valence-corrected chi connectivity index (χ2v) is 7.68. The summed E-state index contributed by atoms with van der Waals surface area (Å²) in [4.78, 5) is 11.6. The Morgan fingerprint density at radius 1 is 1.04 bits per heavy atom. The third-order valence-electron chi connectivity index (χ3n) is 4.15. The van der Waals surface area contributed by atoms with Crippen molar-refractivity contribution in [3.05, 3.63) is 42.5 Å². The first-order valence-electron chi connectivity index (χ1n) is 7.94. The van der Waals surface area contributed by atoms with Crippen molar-refractivity contribution in [3.63, 3.8) is 0 Å². The van der Waals surface area contributed by atoms with Gasteiger partial charge in [0.15, 0.2) is 17.6 Å². The van der Waals surface area contributed by atoms with Crippen LogP contribution in [0.2, 0.25) is 0 Å². The van der Waals surface area contributed by atoms with E-state index in [1.807, 2.05) is 0 Å². The number of hydrogen-bond acceptors (Lipinski definition) is 6. The van der Waals surface area contributed by atoms with Crippen molar-refractivity contribution < 1.29 is 27.4 Å². The lowest BCUT2D eigenvalue weighted by atomic mass is 10.2. The minimum atomic E-state index is -3.97. The first-order valence-corrected chi connectivity index (χ1v) is 9.38. The van der Waals surface area contributed by atoms with E-state index in [-0.39, 0.29) is 17.2 Å². The quantitative estimate of drug-likeness (QED) is 0.853. The Hall–Kier alpha value is -2.94. The molecule has 0 bridgehead atoms. The van der Waals surface area contributed by atoms with Crippen molar-refractivity contribution in [3.8, 4) is 17.2 Å². The van der Waals surface area contributed by atoms with Crippen LogP contribution in [-0.2, 0) is 14.8 Å². The molecule has 0 aromatic heterocycles. The number of rotatable bonds is 3. The molecular formula is C17H16N2O6S. The number of ether oxygens (including phenoxy) is 3. The summed E-state index contributed by atoms with van der Waals surface area (Å²) in [6, 6.07) is 11.0. The summed E-state index contributed by atoms with van der Waals surface area (Å²) < 4.78 is 44.0. The first kappa shape index (κ1) is 16.5. The van der Waals surface area contributed by atoms with Gasteiger partial charge >= 0.3 is 0 Å². The zero-order valence-electron chi connectivity index (χ0n) is 13.6. The Morgan fingerprint density at radius 2 is 1.77 bits per heavy atom. The summed E-state index contributed by atoms with van der Waals surface area (Å²) in [5, 5.41) is 0. The lowest BCUT2D eigenvalue weighted by Gasteiger charge is -2.34. The van der Waals surface area contributed by atoms with Gasteiger partial charge in [-0.05, 0) is 24.3 Å². The normalized spacial score (nSPS) is 18.6. The van der Waals surface area contributed by atoms with Crippen LogP contribution in [0.5, 0.6) is 17.2 Å². The number of sulfonamides is 1. The van der Waals surface area contributed by atoms with Gasteiger partial charge in [-0.3, -0.25) is 9.10 Å². The van der Waals surface area contributed by atoms with Crippen LogP contribution in [-0.4, -0.2) is 40.2 Å². The number of amides is 1. The molecule has 0 aliphatic carbocycles. The molecule has 0 unspecified atom stereocenters. The SMILES string of the molecule is NC(=O)[C@H]1CN(S(=O)(=O)c2ccc3c(c2)OCCO3)c2ccccc2O1. The van der Waals surface area contributed by atoms with Gasteiger partial charge in [0.25, 0.3) is 15.9 Å². The Bertz CT molecular complexity index is 975. The van der Waals surface area contributed by atoms with E-state index in [1.165, 1.54) is 12.1 Å². The van der Waals surface area contributed by atoms with E-state index in [4.69, 9.17) is 19.9 Å². The zero-order chi connectivity index (χ0) is 18.3. The molecule has 2 aromatic rings. The van der Waals surface area contributed by atoms with Gasteiger partial charge in [0.2, 0.25) is 0 Å². The number of fused-ring (bicyclic) bond motifs is 2. The van der Waals surface area contributed by atoms with Crippen molar-refractivity contribution in [1.29, 1.82) is 0 Å². The Morgan fingerprint density at radius 3 is 2.54 bits per heavy atom. The van der Waals surface area contributed by atoms with E-state index in [9.17, 15) is 13.2 Å². The maximum atomic E-state index is 13.2. The van der Waals surface area contributed by atoms with Gasteiger partial charge in [0.1, 0.15) is 19.0 Å². The zero-order valence-corrected chi connectivity index (χ0v) is 14.4. The highest BCUT2D eigenvalue weighted by atomic mass is 32.2. The number of para-hydroxylation sites is 2. The van der Waals surface area contributed by atoms with Gasteiger partial charge in [-0.15, -0.1) is 0 Å². The molecule has 2 N–H and O–H groups in total. The van der Waals surface area contributed by atoms with Gasteiger partial charge < -0.3 is 19.9 Å². The van der Waals surface area contributed by atoms with Gasteiger partial charge in [-0.1, -0.05) is 12.1 Å². The van der Waals surface area contributed by atoms with Crippen LogP contribution in [0.25, 0.3) is 0 Å². The number of hydrogen-bond donors (Lipinski definition) is 1. The minimum absolute atomic E-state index is 0.0293. The summed E-state index contributed by atoms with van der Waals surface area (Å²) in [5.41, 5.74) is 5.68. The van der Waals surface area contributed by atoms with Crippen molar-refractivity contribution in [2.45, 2.75) is 11.0 Å². The standard InChI is InChI=1S/C17H16N2O6S/c18-17(20)16-10-19(12-3-1-2-4-13(12)25-16)26(21,22)11-5-6-14-15(9-11)24-8-7-23-14/h1-6,9,16H,7-8,10H2,(H2,18,20)/t16-/m1/s1. The largest absolute Gasteiger partial charge is 0.486 e. The molecule has 1 atom stereocenters. The summed E-state index contributed by atoms with van der Waals surface area (Å²) in [6.45, 7) is 0.556. The molecule has 2 aliphatic rings. The van der Waals surface area contributed by atoms with E-state index < -0.39 is 22.0 Å². The number of carbonyl (C=O) groups is 1. The average molecular weight is 376 g/mol. The monoisotopic (exact) mass is 376 g/mol. The molecule has 2 aromatic carbocycles. The maximum Gasteiger partial charge on any atom is 0.264 e. The summed E-state index contributed by atoms with van der Waals surface area (Å²) in [6.07, 6.45) is -1.07. The molecule has 2 aliphatic heterocycles. The second kappa shape index (κ2) is 6.10. The number of carbonyl (C=O) groups excluding carboxylic acids is 1. The molecule has 4 rings (SSSR count). The van der Waals surface area contributed by atoms with Crippen LogP contribution in [0, 0.1) is 0 Å². The Labute approximate surface area is 150 Å². The lowest BCUT2D eigenvalue weighted by Crippen LogP contribution is -2.49. The molecule has 0 saturated carbocycles. The maximum absolute atomic E-state index is 13.2. The highest BCUT2D eigenvalue weighted by Gasteiger charge is 2.37. The fourth-order valence-electron chi connectivity index (χ4n) is 2.89. The molecule has 0 radical (unpaired) electrons. The van der Waals surface area contributed by atoms with Crippen LogP contribution in [0.1, 0.15) is 0 Å². The van der Waals surface area contributed by atoms with Gasteiger partial charge in [-0.2, -0.15) is 0 Å². The van der Waals surface area contributed by atoms with Crippen LogP contribution in [0.4, 0.5) is 5.69 Å². The molecule has 0 spiro atoms. The van der Waals surface area contributed by atoms with E-state index >= 15 is 0 Å². The molecule has 0 saturated heterocycles. The highest BCUT2D eigenvalue weighted by Crippen LogP contribution is 2.39. The molecule has 1 amide bonds. The number of anilines is 1. The van der Waals surface area contributed by atoms with Crippen molar-refractivity contribution in [2.24, 2.45) is 5.73 Å².